The maximum Gasteiger partial charge on any atom is 0.0700 e. The van der Waals surface area contributed by atoms with Gasteiger partial charge in [0.05, 0.1) is 13.2 Å². The summed E-state index contributed by atoms with van der Waals surface area (Å²) in [7, 11) is 1.67. The Morgan fingerprint density at radius 1 is 1.22 bits per heavy atom. The average molecular weight is 272 g/mol. The van der Waals surface area contributed by atoms with Crippen LogP contribution in [0.25, 0.3) is 0 Å². The van der Waals surface area contributed by atoms with Gasteiger partial charge >= 0.3 is 0 Å². The highest BCUT2D eigenvalue weighted by Crippen LogP contribution is 2.17. The van der Waals surface area contributed by atoms with Crippen molar-refractivity contribution in [3.8, 4) is 0 Å². The van der Waals surface area contributed by atoms with E-state index < -0.39 is 0 Å². The summed E-state index contributed by atoms with van der Waals surface area (Å²) in [6.45, 7) is 2.03. The smallest absolute Gasteiger partial charge is 0.0700 e. The fourth-order valence-electron chi connectivity index (χ4n) is 1.74. The van der Waals surface area contributed by atoms with E-state index in [-0.39, 0.29) is 6.04 Å². The van der Waals surface area contributed by atoms with Crippen molar-refractivity contribution in [1.82, 2.24) is 0 Å². The predicted molar refractivity (Wildman–Crippen MR) is 75.1 cm³/mol. The van der Waals surface area contributed by atoms with Crippen LogP contribution < -0.4 is 5.73 Å². The van der Waals surface area contributed by atoms with Crippen LogP contribution in [0.5, 0.6) is 0 Å². The molecule has 4 heteroatoms. The van der Waals surface area contributed by atoms with Crippen molar-refractivity contribution < 1.29 is 9.47 Å². The summed E-state index contributed by atoms with van der Waals surface area (Å²) in [4.78, 5) is 0. The Hall–Kier alpha value is -0.610. The van der Waals surface area contributed by atoms with Gasteiger partial charge in [-0.1, -0.05) is 29.8 Å². The lowest BCUT2D eigenvalue weighted by Gasteiger charge is -2.12. The van der Waals surface area contributed by atoms with Crippen LogP contribution in [-0.4, -0.2) is 33.0 Å². The molecule has 0 aromatic heterocycles. The van der Waals surface area contributed by atoms with E-state index in [1.807, 2.05) is 24.3 Å². The minimum atomic E-state index is 0.135. The summed E-state index contributed by atoms with van der Waals surface area (Å²) in [6, 6.07) is 7.98. The molecule has 1 aromatic carbocycles. The van der Waals surface area contributed by atoms with Gasteiger partial charge in [0.15, 0.2) is 0 Å². The molecule has 0 aliphatic carbocycles. The quantitative estimate of drug-likeness (QED) is 0.703. The van der Waals surface area contributed by atoms with E-state index in [1.165, 1.54) is 0 Å². The van der Waals surface area contributed by atoms with E-state index in [9.17, 15) is 0 Å². The zero-order chi connectivity index (χ0) is 13.2. The van der Waals surface area contributed by atoms with Gasteiger partial charge < -0.3 is 15.2 Å². The van der Waals surface area contributed by atoms with Crippen LogP contribution in [0, 0.1) is 0 Å². The zero-order valence-corrected chi connectivity index (χ0v) is 11.7. The molecule has 0 radical (unpaired) electrons. The van der Waals surface area contributed by atoms with Gasteiger partial charge in [0.2, 0.25) is 0 Å². The molecule has 0 aliphatic rings. The Kier molecular flexibility index (Phi) is 8.01. The van der Waals surface area contributed by atoms with Crippen molar-refractivity contribution in [3.05, 3.63) is 34.9 Å². The van der Waals surface area contributed by atoms with Crippen molar-refractivity contribution in [2.45, 2.75) is 25.3 Å². The first kappa shape index (κ1) is 15.4. The van der Waals surface area contributed by atoms with E-state index >= 15 is 0 Å². The molecule has 1 aromatic rings. The zero-order valence-electron chi connectivity index (χ0n) is 10.9. The Labute approximate surface area is 114 Å². The second-order valence-corrected chi connectivity index (χ2v) is 4.71. The largest absolute Gasteiger partial charge is 0.382 e. The van der Waals surface area contributed by atoms with Gasteiger partial charge in [0.1, 0.15) is 0 Å². The van der Waals surface area contributed by atoms with Gasteiger partial charge in [-0.2, -0.15) is 0 Å². The maximum atomic E-state index is 6.09. The lowest BCUT2D eigenvalue weighted by atomic mass is 10.0. The highest BCUT2D eigenvalue weighted by Gasteiger charge is 2.06. The first-order chi connectivity index (χ1) is 8.74. The molecule has 18 heavy (non-hydrogen) atoms. The molecule has 0 heterocycles. The van der Waals surface area contributed by atoms with Gasteiger partial charge in [0, 0.05) is 24.8 Å². The lowest BCUT2D eigenvalue weighted by molar-refractivity contribution is 0.0682. The Balaban J connectivity index is 2.14. The minimum Gasteiger partial charge on any atom is -0.382 e. The second kappa shape index (κ2) is 9.34. The Morgan fingerprint density at radius 3 is 2.72 bits per heavy atom. The molecule has 0 amide bonds. The van der Waals surface area contributed by atoms with Crippen molar-refractivity contribution in [1.29, 1.82) is 0 Å². The molecule has 0 aliphatic heterocycles. The molecular formula is C14H22ClNO2. The van der Waals surface area contributed by atoms with Crippen LogP contribution in [0.3, 0.4) is 0 Å². The van der Waals surface area contributed by atoms with Crippen molar-refractivity contribution in [3.63, 3.8) is 0 Å². The molecule has 0 spiro atoms. The number of nitrogens with two attached hydrogens (primary N) is 1. The van der Waals surface area contributed by atoms with Gasteiger partial charge in [-0.05, 0) is 30.9 Å². The molecule has 3 nitrogen and oxygen atoms in total. The third-order valence-corrected chi connectivity index (χ3v) is 3.10. The van der Waals surface area contributed by atoms with E-state index in [2.05, 4.69) is 0 Å². The Bertz CT molecular complexity index is 333. The first-order valence-corrected chi connectivity index (χ1v) is 6.67. The van der Waals surface area contributed by atoms with Gasteiger partial charge in [-0.3, -0.25) is 0 Å². The molecule has 1 unspecified atom stereocenters. The number of benzene rings is 1. The molecule has 102 valence electrons. The second-order valence-electron chi connectivity index (χ2n) is 4.30. The van der Waals surface area contributed by atoms with Crippen LogP contribution in [0.2, 0.25) is 5.02 Å². The molecule has 1 atom stereocenters. The van der Waals surface area contributed by atoms with Crippen molar-refractivity contribution in [2.75, 3.05) is 26.9 Å². The lowest BCUT2D eigenvalue weighted by Crippen LogP contribution is -2.23. The number of halogens is 1. The number of hydrogen-bond donors (Lipinski definition) is 1. The molecule has 2 N–H and O–H groups in total. The van der Waals surface area contributed by atoms with Crippen LogP contribution in [0.1, 0.15) is 18.4 Å². The number of ether oxygens (including phenoxy) is 2. The predicted octanol–water partition coefficient (Wildman–Crippen LogP) is 2.65. The number of rotatable bonds is 9. The van der Waals surface area contributed by atoms with Crippen molar-refractivity contribution >= 4 is 11.6 Å². The summed E-state index contributed by atoms with van der Waals surface area (Å²) in [5.41, 5.74) is 7.19. The molecular weight excluding hydrogens is 250 g/mol. The molecule has 1 rings (SSSR count). The standard InChI is InChI=1S/C14H22ClNO2/c1-17-9-10-18-8-4-6-13(16)11-12-5-2-3-7-14(12)15/h2-3,5,7,13H,4,6,8-11,16H2,1H3. The maximum absolute atomic E-state index is 6.09. The average Bonchev–Trinajstić information content (AvgIpc) is 2.36. The summed E-state index contributed by atoms with van der Waals surface area (Å²) in [5.74, 6) is 0. The van der Waals surface area contributed by atoms with Crippen LogP contribution >= 0.6 is 11.6 Å². The molecule has 0 fully saturated rings. The summed E-state index contributed by atoms with van der Waals surface area (Å²) in [5, 5.41) is 0.796. The number of methoxy groups -OCH3 is 1. The summed E-state index contributed by atoms with van der Waals surface area (Å²) < 4.78 is 10.3. The molecule has 0 saturated heterocycles. The number of hydrogen-bond acceptors (Lipinski definition) is 3. The van der Waals surface area contributed by atoms with E-state index in [0.29, 0.717) is 13.2 Å². The normalized spacial score (nSPS) is 12.6. The van der Waals surface area contributed by atoms with E-state index in [4.69, 9.17) is 26.8 Å². The van der Waals surface area contributed by atoms with Gasteiger partial charge in [-0.15, -0.1) is 0 Å². The SMILES string of the molecule is COCCOCCCC(N)Cc1ccccc1Cl. The highest BCUT2D eigenvalue weighted by atomic mass is 35.5. The van der Waals surface area contributed by atoms with E-state index in [0.717, 1.165) is 36.5 Å². The highest BCUT2D eigenvalue weighted by molar-refractivity contribution is 6.31. The van der Waals surface area contributed by atoms with Crippen LogP contribution in [0.15, 0.2) is 24.3 Å². The van der Waals surface area contributed by atoms with Gasteiger partial charge in [-0.25, -0.2) is 0 Å². The summed E-state index contributed by atoms with van der Waals surface area (Å²) in [6.07, 6.45) is 2.73. The third kappa shape index (κ3) is 6.36. The van der Waals surface area contributed by atoms with Crippen molar-refractivity contribution in [2.24, 2.45) is 5.73 Å². The summed E-state index contributed by atoms with van der Waals surface area (Å²) >= 11 is 6.09. The third-order valence-electron chi connectivity index (χ3n) is 2.74. The van der Waals surface area contributed by atoms with Crippen LogP contribution in [-0.2, 0) is 15.9 Å². The fourth-order valence-corrected chi connectivity index (χ4v) is 1.95. The monoisotopic (exact) mass is 271 g/mol. The first-order valence-electron chi connectivity index (χ1n) is 6.29. The molecule has 0 saturated carbocycles. The Morgan fingerprint density at radius 2 is 2.00 bits per heavy atom. The molecule has 0 bridgehead atoms. The van der Waals surface area contributed by atoms with Gasteiger partial charge in [0.25, 0.3) is 0 Å². The van der Waals surface area contributed by atoms with E-state index in [1.54, 1.807) is 7.11 Å². The minimum absolute atomic E-state index is 0.135. The van der Waals surface area contributed by atoms with Crippen LogP contribution in [0.4, 0.5) is 0 Å². The fraction of sp³-hybridized carbons (Fsp3) is 0.571. The topological polar surface area (TPSA) is 44.5 Å².